The predicted molar refractivity (Wildman–Crippen MR) is 105 cm³/mol. The van der Waals surface area contributed by atoms with Gasteiger partial charge in [-0.3, -0.25) is 9.36 Å². The Kier molecular flexibility index (Phi) is 4.66. The van der Waals surface area contributed by atoms with Crippen molar-refractivity contribution in [1.82, 2.24) is 14.5 Å². The van der Waals surface area contributed by atoms with Crippen molar-refractivity contribution < 1.29 is 13.2 Å². The molecule has 0 fully saturated rings. The summed E-state index contributed by atoms with van der Waals surface area (Å²) in [6.07, 6.45) is -4.38. The first-order valence-corrected chi connectivity index (χ1v) is 9.67. The third-order valence-corrected chi connectivity index (χ3v) is 5.56. The van der Waals surface area contributed by atoms with Crippen LogP contribution < -0.4 is 5.56 Å². The molecule has 0 spiro atoms. The number of aromatic amines is 1. The molecule has 0 unspecified atom stereocenters. The maximum absolute atomic E-state index is 12.9. The van der Waals surface area contributed by atoms with Gasteiger partial charge in [-0.05, 0) is 24.6 Å². The van der Waals surface area contributed by atoms with E-state index < -0.39 is 11.7 Å². The average molecular weight is 403 g/mol. The van der Waals surface area contributed by atoms with Crippen LogP contribution in [0, 0.1) is 0 Å². The quantitative estimate of drug-likeness (QED) is 0.376. The van der Waals surface area contributed by atoms with Crippen molar-refractivity contribution in [1.29, 1.82) is 0 Å². The predicted octanol–water partition coefficient (Wildman–Crippen LogP) is 5.21. The first-order chi connectivity index (χ1) is 13.4. The molecule has 1 N–H and O–H groups in total. The van der Waals surface area contributed by atoms with E-state index in [0.29, 0.717) is 28.3 Å². The van der Waals surface area contributed by atoms with Crippen LogP contribution in [-0.4, -0.2) is 14.5 Å². The van der Waals surface area contributed by atoms with E-state index in [9.17, 15) is 18.0 Å². The van der Waals surface area contributed by atoms with Gasteiger partial charge in [-0.15, -0.1) is 0 Å². The molecule has 2 aromatic carbocycles. The third-order valence-electron chi connectivity index (χ3n) is 4.51. The number of benzene rings is 2. The van der Waals surface area contributed by atoms with E-state index in [1.165, 1.54) is 22.4 Å². The number of H-pyrrole nitrogens is 1. The number of fused-ring (bicyclic) bond motifs is 3. The average Bonchev–Trinajstić information content (AvgIpc) is 3.05. The van der Waals surface area contributed by atoms with E-state index >= 15 is 0 Å². The van der Waals surface area contributed by atoms with E-state index in [1.54, 1.807) is 6.07 Å². The highest BCUT2D eigenvalue weighted by Crippen LogP contribution is 2.31. The largest absolute Gasteiger partial charge is 0.416 e. The van der Waals surface area contributed by atoms with Crippen molar-refractivity contribution in [3.8, 4) is 0 Å². The van der Waals surface area contributed by atoms with Gasteiger partial charge in [-0.2, -0.15) is 13.2 Å². The Labute approximate surface area is 162 Å². The number of rotatable bonds is 4. The van der Waals surface area contributed by atoms with Crippen LogP contribution in [0.4, 0.5) is 13.2 Å². The van der Waals surface area contributed by atoms with Gasteiger partial charge in [0.15, 0.2) is 5.16 Å². The second kappa shape index (κ2) is 7.01. The second-order valence-corrected chi connectivity index (χ2v) is 7.27. The molecule has 4 rings (SSSR count). The summed E-state index contributed by atoms with van der Waals surface area (Å²) in [6, 6.07) is 12.7. The highest BCUT2D eigenvalue weighted by Gasteiger charge is 2.30. The molecule has 4 nitrogen and oxygen atoms in total. The van der Waals surface area contributed by atoms with Gasteiger partial charge in [-0.25, -0.2) is 4.98 Å². The number of nitrogens with zero attached hydrogens (tertiary/aromatic N) is 2. The van der Waals surface area contributed by atoms with Crippen molar-refractivity contribution in [3.05, 3.63) is 70.0 Å². The molecular weight excluding hydrogens is 387 g/mol. The van der Waals surface area contributed by atoms with Gasteiger partial charge in [0.1, 0.15) is 11.0 Å². The summed E-state index contributed by atoms with van der Waals surface area (Å²) in [4.78, 5) is 20.6. The Bertz CT molecular complexity index is 1230. The first kappa shape index (κ1) is 18.6. The van der Waals surface area contributed by atoms with Crippen LogP contribution in [0.1, 0.15) is 18.1 Å². The molecule has 8 heteroatoms. The van der Waals surface area contributed by atoms with Crippen molar-refractivity contribution in [2.75, 3.05) is 0 Å². The van der Waals surface area contributed by atoms with Crippen LogP contribution in [0.3, 0.4) is 0 Å². The van der Waals surface area contributed by atoms with E-state index in [1.807, 2.05) is 31.2 Å². The fourth-order valence-electron chi connectivity index (χ4n) is 3.15. The minimum atomic E-state index is -4.38. The molecule has 0 atom stereocenters. The molecule has 0 aliphatic carbocycles. The SMILES string of the molecule is CCn1c(SCc2cccc(C(F)(F)F)c2)nc2c([nH]c3ccccc32)c1=O. The number of alkyl halides is 3. The summed E-state index contributed by atoms with van der Waals surface area (Å²) < 4.78 is 40.3. The van der Waals surface area contributed by atoms with E-state index in [4.69, 9.17) is 0 Å². The highest BCUT2D eigenvalue weighted by molar-refractivity contribution is 7.98. The third kappa shape index (κ3) is 3.28. The zero-order valence-corrected chi connectivity index (χ0v) is 15.7. The molecular formula is C20H16F3N3OS. The summed E-state index contributed by atoms with van der Waals surface area (Å²) in [6.45, 7) is 2.26. The summed E-state index contributed by atoms with van der Waals surface area (Å²) in [5.74, 6) is 0.282. The fraction of sp³-hybridized carbons (Fsp3) is 0.200. The lowest BCUT2D eigenvalue weighted by molar-refractivity contribution is -0.137. The minimum Gasteiger partial charge on any atom is -0.349 e. The molecule has 0 bridgehead atoms. The van der Waals surface area contributed by atoms with Gasteiger partial charge in [0, 0.05) is 23.2 Å². The van der Waals surface area contributed by atoms with E-state index in [-0.39, 0.29) is 11.3 Å². The Hall–Kier alpha value is -2.74. The lowest BCUT2D eigenvalue weighted by Gasteiger charge is -2.11. The highest BCUT2D eigenvalue weighted by atomic mass is 32.2. The molecule has 0 aliphatic rings. The Morgan fingerprint density at radius 3 is 2.68 bits per heavy atom. The Morgan fingerprint density at radius 2 is 1.93 bits per heavy atom. The van der Waals surface area contributed by atoms with Crippen LogP contribution in [0.5, 0.6) is 0 Å². The summed E-state index contributed by atoms with van der Waals surface area (Å²) in [5.41, 5.74) is 1.50. The van der Waals surface area contributed by atoms with Crippen LogP contribution >= 0.6 is 11.8 Å². The van der Waals surface area contributed by atoms with Crippen LogP contribution in [0.2, 0.25) is 0 Å². The fourth-order valence-corrected chi connectivity index (χ4v) is 4.15. The molecule has 28 heavy (non-hydrogen) atoms. The normalized spacial score (nSPS) is 12.1. The summed E-state index contributed by atoms with van der Waals surface area (Å²) >= 11 is 1.26. The lowest BCUT2D eigenvalue weighted by Crippen LogP contribution is -2.22. The van der Waals surface area contributed by atoms with Crippen molar-refractivity contribution in [3.63, 3.8) is 0 Å². The second-order valence-electron chi connectivity index (χ2n) is 6.32. The first-order valence-electron chi connectivity index (χ1n) is 8.68. The number of thioether (sulfide) groups is 1. The molecule has 0 amide bonds. The van der Waals surface area contributed by atoms with Crippen molar-refractivity contribution in [2.24, 2.45) is 0 Å². The number of hydrogen-bond donors (Lipinski definition) is 1. The minimum absolute atomic E-state index is 0.185. The Balaban J connectivity index is 1.74. The molecule has 0 saturated carbocycles. The zero-order valence-electron chi connectivity index (χ0n) is 14.9. The summed E-state index contributed by atoms with van der Waals surface area (Å²) in [7, 11) is 0. The van der Waals surface area contributed by atoms with Gasteiger partial charge < -0.3 is 4.98 Å². The summed E-state index contributed by atoms with van der Waals surface area (Å²) in [5, 5.41) is 1.33. The molecule has 4 aromatic rings. The monoisotopic (exact) mass is 403 g/mol. The molecule has 0 radical (unpaired) electrons. The van der Waals surface area contributed by atoms with Gasteiger partial charge in [0.05, 0.1) is 5.56 Å². The standard InChI is InChI=1S/C20H16F3N3OS/c1-2-26-18(27)17-16(14-8-3-4-9-15(14)24-17)25-19(26)28-11-12-6-5-7-13(10-12)20(21,22)23/h3-10,24H,2,11H2,1H3. The lowest BCUT2D eigenvalue weighted by atomic mass is 10.1. The number of halogens is 3. The molecule has 144 valence electrons. The topological polar surface area (TPSA) is 50.7 Å². The molecule has 2 heterocycles. The van der Waals surface area contributed by atoms with Gasteiger partial charge in [0.2, 0.25) is 0 Å². The smallest absolute Gasteiger partial charge is 0.349 e. The van der Waals surface area contributed by atoms with Gasteiger partial charge in [0.25, 0.3) is 5.56 Å². The Morgan fingerprint density at radius 1 is 1.14 bits per heavy atom. The van der Waals surface area contributed by atoms with Crippen LogP contribution in [0.15, 0.2) is 58.5 Å². The molecule has 2 aromatic heterocycles. The molecule has 0 saturated heterocycles. The van der Waals surface area contributed by atoms with Crippen LogP contribution in [-0.2, 0) is 18.5 Å². The number of para-hydroxylation sites is 1. The van der Waals surface area contributed by atoms with Crippen molar-refractivity contribution in [2.45, 2.75) is 30.6 Å². The number of aromatic nitrogens is 3. The van der Waals surface area contributed by atoms with Gasteiger partial charge >= 0.3 is 6.18 Å². The van der Waals surface area contributed by atoms with E-state index in [2.05, 4.69) is 9.97 Å². The molecule has 0 aliphatic heterocycles. The van der Waals surface area contributed by atoms with Crippen molar-refractivity contribution >= 4 is 33.7 Å². The number of hydrogen-bond acceptors (Lipinski definition) is 3. The maximum atomic E-state index is 12.9. The van der Waals surface area contributed by atoms with Gasteiger partial charge in [-0.1, -0.05) is 48.2 Å². The maximum Gasteiger partial charge on any atom is 0.416 e. The van der Waals surface area contributed by atoms with E-state index in [0.717, 1.165) is 23.0 Å². The van der Waals surface area contributed by atoms with Crippen LogP contribution in [0.25, 0.3) is 21.9 Å². The number of nitrogens with one attached hydrogen (secondary N) is 1. The zero-order chi connectivity index (χ0) is 19.9.